The van der Waals surface area contributed by atoms with Crippen LogP contribution < -0.4 is 10.4 Å². The Morgan fingerprint density at radius 1 is 1.23 bits per heavy atom. The van der Waals surface area contributed by atoms with Gasteiger partial charge >= 0.3 is 11.9 Å². The minimum absolute atomic E-state index is 0.275. The van der Waals surface area contributed by atoms with Crippen molar-refractivity contribution in [2.45, 2.75) is 0 Å². The van der Waals surface area contributed by atoms with Crippen LogP contribution in [0.3, 0.4) is 0 Å². The van der Waals surface area contributed by atoms with Crippen LogP contribution in [0.15, 0.2) is 36.7 Å². The first-order chi connectivity index (χ1) is 12.5. The number of likely N-dealkylation sites (N-methyl/N-ethyl adjacent to an activating group) is 1. The fraction of sp³-hybridized carbons (Fsp3) is 0.294. The van der Waals surface area contributed by atoms with Crippen molar-refractivity contribution in [2.75, 3.05) is 43.6 Å². The number of aromatic nitrogens is 2. The minimum Gasteiger partial charge on any atom is -0.477 e. The van der Waals surface area contributed by atoms with E-state index in [4.69, 9.17) is 9.94 Å². The second kappa shape index (κ2) is 7.36. The number of fused-ring (bicyclic) bond motifs is 1. The number of piperazine rings is 1. The summed E-state index contributed by atoms with van der Waals surface area (Å²) >= 11 is 0. The van der Waals surface area contributed by atoms with Gasteiger partial charge in [0.1, 0.15) is 11.9 Å². The lowest BCUT2D eigenvalue weighted by Crippen LogP contribution is -2.44. The van der Waals surface area contributed by atoms with E-state index in [9.17, 15) is 9.59 Å². The smallest absolute Gasteiger partial charge is 0.369 e. The van der Waals surface area contributed by atoms with Crippen LogP contribution in [0.5, 0.6) is 0 Å². The Bertz CT molecular complexity index is 861. The van der Waals surface area contributed by atoms with Crippen LogP contribution in [0.2, 0.25) is 0 Å². The summed E-state index contributed by atoms with van der Waals surface area (Å²) in [5.74, 6) is -2.25. The molecule has 9 nitrogen and oxygen atoms in total. The van der Waals surface area contributed by atoms with Gasteiger partial charge in [0.05, 0.1) is 5.52 Å². The molecule has 9 heteroatoms. The van der Waals surface area contributed by atoms with Gasteiger partial charge in [-0.15, -0.1) is 0 Å². The molecule has 0 saturated carbocycles. The highest BCUT2D eigenvalue weighted by Gasteiger charge is 2.18. The molecule has 0 amide bonds. The molecular formula is C17H19N5O4. The third-order valence-corrected chi connectivity index (χ3v) is 4.23. The molecule has 2 aromatic rings. The largest absolute Gasteiger partial charge is 0.477 e. The van der Waals surface area contributed by atoms with Crippen molar-refractivity contribution < 1.29 is 19.5 Å². The van der Waals surface area contributed by atoms with Crippen molar-refractivity contribution in [1.29, 1.82) is 0 Å². The molecule has 26 heavy (non-hydrogen) atoms. The zero-order valence-corrected chi connectivity index (χ0v) is 14.3. The first-order valence-corrected chi connectivity index (χ1v) is 8.03. The number of carboxylic acid groups (broad SMARTS) is 1. The number of aliphatic carboxylic acids is 1. The second-order valence-corrected chi connectivity index (χ2v) is 5.99. The first-order valence-electron chi connectivity index (χ1n) is 8.03. The molecule has 2 heterocycles. The van der Waals surface area contributed by atoms with Crippen LogP contribution in [0.25, 0.3) is 10.9 Å². The Hall–Kier alpha value is -3.20. The molecule has 0 aliphatic carbocycles. The second-order valence-electron chi connectivity index (χ2n) is 5.99. The molecule has 1 aromatic heterocycles. The highest BCUT2D eigenvalue weighted by atomic mass is 16.7. The summed E-state index contributed by atoms with van der Waals surface area (Å²) in [7, 11) is 2.09. The maximum Gasteiger partial charge on any atom is 0.369 e. The number of rotatable bonds is 5. The maximum atomic E-state index is 11.6. The van der Waals surface area contributed by atoms with Crippen molar-refractivity contribution >= 4 is 34.3 Å². The lowest BCUT2D eigenvalue weighted by molar-refractivity contribution is -0.142. The molecule has 1 aliphatic heterocycles. The van der Waals surface area contributed by atoms with Gasteiger partial charge in [-0.1, -0.05) is 6.58 Å². The molecule has 0 bridgehead atoms. The number of carbonyl (C=O) groups is 2. The average molecular weight is 357 g/mol. The van der Waals surface area contributed by atoms with Crippen molar-refractivity contribution in [1.82, 2.24) is 14.9 Å². The summed E-state index contributed by atoms with van der Waals surface area (Å²) in [4.78, 5) is 39.9. The van der Waals surface area contributed by atoms with E-state index in [1.54, 1.807) is 0 Å². The number of carboxylic acids is 1. The lowest BCUT2D eigenvalue weighted by atomic mass is 10.2. The number of nitrogens with one attached hydrogen (secondary N) is 1. The fourth-order valence-electron chi connectivity index (χ4n) is 2.63. The molecule has 1 saturated heterocycles. The van der Waals surface area contributed by atoms with Crippen LogP contribution >= 0.6 is 0 Å². The average Bonchev–Trinajstić information content (AvgIpc) is 2.65. The molecule has 0 radical (unpaired) electrons. The predicted molar refractivity (Wildman–Crippen MR) is 95.7 cm³/mol. The Balaban J connectivity index is 1.82. The number of benzene rings is 1. The van der Waals surface area contributed by atoms with E-state index in [1.807, 2.05) is 18.2 Å². The summed E-state index contributed by atoms with van der Waals surface area (Å²) in [6.45, 7) is 6.92. The van der Waals surface area contributed by atoms with Gasteiger partial charge in [-0.3, -0.25) is 0 Å². The fourth-order valence-corrected chi connectivity index (χ4v) is 2.63. The Morgan fingerprint density at radius 2 is 1.96 bits per heavy atom. The number of nitrogens with zero attached hydrogens (tertiary/aromatic N) is 4. The molecule has 0 spiro atoms. The molecule has 0 atom stereocenters. The third kappa shape index (κ3) is 3.72. The van der Waals surface area contributed by atoms with Crippen LogP contribution in [0, 0.1) is 0 Å². The van der Waals surface area contributed by atoms with E-state index < -0.39 is 17.5 Å². The SMILES string of the molecule is C=C(C(=O)O)C(=O)ONc1ncnc2ccc(N3CCN(C)CC3)cc12. The number of hydrogen-bond donors (Lipinski definition) is 2. The van der Waals surface area contributed by atoms with Crippen molar-refractivity contribution in [3.63, 3.8) is 0 Å². The van der Waals surface area contributed by atoms with Gasteiger partial charge in [-0.05, 0) is 25.2 Å². The van der Waals surface area contributed by atoms with Crippen LogP contribution in [0.1, 0.15) is 0 Å². The molecule has 2 N–H and O–H groups in total. The van der Waals surface area contributed by atoms with Crippen molar-refractivity contribution in [3.8, 4) is 0 Å². The summed E-state index contributed by atoms with van der Waals surface area (Å²) in [5.41, 5.74) is 3.43. The van der Waals surface area contributed by atoms with Crippen molar-refractivity contribution in [2.24, 2.45) is 0 Å². The van der Waals surface area contributed by atoms with Crippen LogP contribution in [0.4, 0.5) is 11.5 Å². The van der Waals surface area contributed by atoms with E-state index >= 15 is 0 Å². The molecular weight excluding hydrogens is 338 g/mol. The molecule has 0 unspecified atom stereocenters. The summed E-state index contributed by atoms with van der Waals surface area (Å²) in [6, 6.07) is 5.78. The Morgan fingerprint density at radius 3 is 2.65 bits per heavy atom. The first kappa shape index (κ1) is 17.6. The third-order valence-electron chi connectivity index (χ3n) is 4.23. The zero-order chi connectivity index (χ0) is 18.7. The van der Waals surface area contributed by atoms with Gasteiger partial charge in [0.25, 0.3) is 0 Å². The summed E-state index contributed by atoms with van der Waals surface area (Å²) in [5, 5.41) is 9.42. The molecule has 1 aromatic carbocycles. The standard InChI is InChI=1S/C17H19N5O4/c1-11(16(23)24)17(25)26-20-15-13-9-12(3-4-14(13)18-10-19-15)22-7-5-21(2)6-8-22/h3-4,9-10H,1,5-8H2,2H3,(H,23,24)(H,18,19,20). The quantitative estimate of drug-likeness (QED) is 0.349. The van der Waals surface area contributed by atoms with E-state index in [0.29, 0.717) is 10.9 Å². The van der Waals surface area contributed by atoms with E-state index in [0.717, 1.165) is 31.9 Å². The summed E-state index contributed by atoms with van der Waals surface area (Å²) in [6.07, 6.45) is 1.33. The zero-order valence-electron chi connectivity index (χ0n) is 14.3. The van der Waals surface area contributed by atoms with Gasteiger partial charge in [-0.2, -0.15) is 5.48 Å². The van der Waals surface area contributed by atoms with E-state index in [1.165, 1.54) is 6.33 Å². The molecule has 1 fully saturated rings. The number of carbonyl (C=O) groups excluding carboxylic acids is 1. The Labute approximate surface area is 149 Å². The number of anilines is 2. The maximum absolute atomic E-state index is 11.6. The molecule has 3 rings (SSSR count). The van der Waals surface area contributed by atoms with Gasteiger partial charge in [0.2, 0.25) is 0 Å². The van der Waals surface area contributed by atoms with Crippen LogP contribution in [-0.4, -0.2) is 65.1 Å². The van der Waals surface area contributed by atoms with Crippen molar-refractivity contribution in [3.05, 3.63) is 36.7 Å². The monoisotopic (exact) mass is 357 g/mol. The molecule has 136 valence electrons. The number of hydrogen-bond acceptors (Lipinski definition) is 8. The lowest BCUT2D eigenvalue weighted by Gasteiger charge is -2.34. The van der Waals surface area contributed by atoms with Gasteiger partial charge in [-0.25, -0.2) is 19.6 Å². The van der Waals surface area contributed by atoms with E-state index in [2.05, 4.69) is 38.9 Å². The van der Waals surface area contributed by atoms with Gasteiger partial charge in [0.15, 0.2) is 5.82 Å². The highest BCUT2D eigenvalue weighted by molar-refractivity contribution is 6.12. The van der Waals surface area contributed by atoms with Gasteiger partial charge in [0, 0.05) is 37.3 Å². The predicted octanol–water partition coefficient (Wildman–Crippen LogP) is 0.892. The summed E-state index contributed by atoms with van der Waals surface area (Å²) < 4.78 is 0. The highest BCUT2D eigenvalue weighted by Crippen LogP contribution is 2.26. The topological polar surface area (TPSA) is 108 Å². The normalized spacial score (nSPS) is 14.9. The Kier molecular flexibility index (Phi) is 4.99. The van der Waals surface area contributed by atoms with E-state index in [-0.39, 0.29) is 5.82 Å². The van der Waals surface area contributed by atoms with Crippen LogP contribution in [-0.2, 0) is 14.4 Å². The molecule has 1 aliphatic rings. The van der Waals surface area contributed by atoms with Gasteiger partial charge < -0.3 is 19.7 Å². The minimum atomic E-state index is -1.44.